The van der Waals surface area contributed by atoms with E-state index in [1.165, 1.54) is 58.2 Å². The number of piperidine rings is 1. The van der Waals surface area contributed by atoms with Gasteiger partial charge < -0.3 is 18.9 Å². The fourth-order valence-electron chi connectivity index (χ4n) is 8.82. The summed E-state index contributed by atoms with van der Waals surface area (Å²) in [6.07, 6.45) is 2.35. The van der Waals surface area contributed by atoms with Crippen LogP contribution in [-0.4, -0.2) is 75.4 Å². The van der Waals surface area contributed by atoms with Gasteiger partial charge in [0.25, 0.3) is 11.5 Å². The molecule has 3 aliphatic rings. The minimum atomic E-state index is -3.51. The van der Waals surface area contributed by atoms with Crippen molar-refractivity contribution in [3.05, 3.63) is 104 Å². The van der Waals surface area contributed by atoms with Crippen LogP contribution in [0.15, 0.2) is 70.5 Å². The third-order valence-corrected chi connectivity index (χ3v) is 11.8. The Morgan fingerprint density at radius 1 is 0.933 bits per heavy atom. The average molecular weight is 826 g/mol. The molecule has 0 radical (unpaired) electrons. The van der Waals surface area contributed by atoms with E-state index in [1.807, 2.05) is 0 Å². The average Bonchev–Trinajstić information content (AvgIpc) is 3.46. The van der Waals surface area contributed by atoms with Crippen LogP contribution in [0.1, 0.15) is 35.6 Å². The lowest BCUT2D eigenvalue weighted by molar-refractivity contribution is -0.135. The molecular weight excluding hydrogens is 787 g/mol. The molecule has 0 aliphatic carbocycles. The van der Waals surface area contributed by atoms with Crippen LogP contribution in [-0.2, 0) is 42.7 Å². The number of methoxy groups -OCH3 is 2. The van der Waals surface area contributed by atoms with Crippen LogP contribution in [0.5, 0.6) is 11.5 Å². The number of imide groups is 1. The quantitative estimate of drug-likeness (QED) is 0.160. The van der Waals surface area contributed by atoms with E-state index in [1.54, 1.807) is 54.5 Å². The highest BCUT2D eigenvalue weighted by atomic mass is 19.3. The number of nitrogens with zero attached hydrogens (tertiary/aromatic N) is 6. The highest BCUT2D eigenvalue weighted by Gasteiger charge is 2.43. The molecule has 0 saturated carbocycles. The number of amides is 2. The number of hydrogen-bond acceptors (Lipinski definition) is 9. The lowest BCUT2D eigenvalue weighted by Gasteiger charge is -2.35. The number of aryl methyl sites for hydroxylation is 2. The maximum absolute atomic E-state index is 16.4. The van der Waals surface area contributed by atoms with Crippen LogP contribution in [0.4, 0.5) is 23.4 Å². The minimum absolute atomic E-state index is 0.0443. The Labute approximate surface area is 339 Å². The summed E-state index contributed by atoms with van der Waals surface area (Å²) < 4.78 is 78.3. The molecule has 2 amide bonds. The third kappa shape index (κ3) is 6.29. The molecule has 2 fully saturated rings. The number of anilines is 1. The summed E-state index contributed by atoms with van der Waals surface area (Å²) in [7, 11) is 5.99. The number of fused-ring (bicyclic) bond motifs is 3. The first-order valence-corrected chi connectivity index (χ1v) is 19.3. The van der Waals surface area contributed by atoms with Crippen LogP contribution in [0, 0.1) is 5.82 Å². The Morgan fingerprint density at radius 3 is 2.33 bits per heavy atom. The van der Waals surface area contributed by atoms with Gasteiger partial charge in [-0.15, -0.1) is 0 Å². The molecule has 1 atom stereocenters. The van der Waals surface area contributed by atoms with Gasteiger partial charge in [-0.3, -0.25) is 33.7 Å². The van der Waals surface area contributed by atoms with Crippen LogP contribution in [0.2, 0.25) is 0 Å². The summed E-state index contributed by atoms with van der Waals surface area (Å²) in [6.45, 7) is -0.636. The molecule has 0 spiro atoms. The number of carbonyl (C=O) groups is 2. The molecule has 0 bridgehead atoms. The zero-order valence-corrected chi connectivity index (χ0v) is 33.0. The van der Waals surface area contributed by atoms with Gasteiger partial charge in [-0.1, -0.05) is 12.1 Å². The summed E-state index contributed by atoms with van der Waals surface area (Å²) in [5, 5.41) is 3.19. The number of alkyl halides is 3. The van der Waals surface area contributed by atoms with Gasteiger partial charge in [0.05, 0.1) is 55.8 Å². The van der Waals surface area contributed by atoms with Crippen molar-refractivity contribution in [2.75, 3.05) is 38.8 Å². The first-order chi connectivity index (χ1) is 28.7. The van der Waals surface area contributed by atoms with Crippen molar-refractivity contribution >= 4 is 39.4 Å². The van der Waals surface area contributed by atoms with Gasteiger partial charge in [0.1, 0.15) is 35.3 Å². The number of imidazole rings is 1. The van der Waals surface area contributed by atoms with Crippen LogP contribution in [0.3, 0.4) is 0 Å². The maximum atomic E-state index is 16.4. The second kappa shape index (κ2) is 14.4. The Morgan fingerprint density at radius 2 is 1.65 bits per heavy atom. The minimum Gasteiger partial charge on any atom is -0.496 e. The van der Waals surface area contributed by atoms with Gasteiger partial charge in [0.2, 0.25) is 11.8 Å². The lowest BCUT2D eigenvalue weighted by Crippen LogP contribution is -2.48. The molecule has 3 aromatic carbocycles. The van der Waals surface area contributed by atoms with Gasteiger partial charge >= 0.3 is 5.69 Å². The molecule has 310 valence electrons. The Hall–Kier alpha value is -6.49. The van der Waals surface area contributed by atoms with Gasteiger partial charge in [0, 0.05) is 73.6 Å². The number of hydrogen-bond donors (Lipinski definition) is 1. The van der Waals surface area contributed by atoms with Crippen LogP contribution < -0.4 is 30.9 Å². The highest BCUT2D eigenvalue weighted by Crippen LogP contribution is 2.44. The maximum Gasteiger partial charge on any atom is 0.329 e. The van der Waals surface area contributed by atoms with Crippen molar-refractivity contribution in [2.24, 2.45) is 14.1 Å². The second-order valence-electron chi connectivity index (χ2n) is 15.6. The number of aromatic nitrogens is 4. The van der Waals surface area contributed by atoms with Gasteiger partial charge in [-0.05, 0) is 53.9 Å². The largest absolute Gasteiger partial charge is 0.496 e. The predicted molar refractivity (Wildman–Crippen MR) is 215 cm³/mol. The molecule has 1 unspecified atom stereocenters. The topological polar surface area (TPSA) is 133 Å². The Balaban J connectivity index is 1.06. The fraction of sp³-hybridized carbons (Fsp3) is 0.326. The van der Waals surface area contributed by atoms with Gasteiger partial charge in [0.15, 0.2) is 0 Å². The van der Waals surface area contributed by atoms with Crippen LogP contribution in [0.25, 0.3) is 44.1 Å². The van der Waals surface area contributed by atoms with E-state index in [0.717, 1.165) is 0 Å². The number of carbonyl (C=O) groups excluding carboxylic acids is 2. The van der Waals surface area contributed by atoms with E-state index in [0.29, 0.717) is 61.4 Å². The molecule has 2 saturated heterocycles. The van der Waals surface area contributed by atoms with Crippen molar-refractivity contribution in [1.29, 1.82) is 0 Å². The number of nitrogens with one attached hydrogen (secondary N) is 1. The number of halogens is 4. The lowest BCUT2D eigenvalue weighted by atomic mass is 9.90. The zero-order valence-electron chi connectivity index (χ0n) is 33.0. The summed E-state index contributed by atoms with van der Waals surface area (Å²) in [5.74, 6) is -4.27. The number of rotatable bonds is 8. The van der Waals surface area contributed by atoms with Crippen molar-refractivity contribution < 1.29 is 36.6 Å². The van der Waals surface area contributed by atoms with E-state index in [9.17, 15) is 23.6 Å². The zero-order chi connectivity index (χ0) is 42.4. The number of ether oxygens (including phenoxy) is 2. The molecule has 9 rings (SSSR count). The molecule has 17 heteroatoms. The second-order valence-corrected chi connectivity index (χ2v) is 15.6. The first-order valence-electron chi connectivity index (χ1n) is 19.3. The molecule has 6 aromatic rings. The predicted octanol–water partition coefficient (Wildman–Crippen LogP) is 5.32. The number of pyridine rings is 2. The van der Waals surface area contributed by atoms with E-state index < -0.39 is 53.6 Å². The summed E-state index contributed by atoms with van der Waals surface area (Å²) >= 11 is 0. The summed E-state index contributed by atoms with van der Waals surface area (Å²) in [6, 6.07) is 11.5. The smallest absolute Gasteiger partial charge is 0.329 e. The van der Waals surface area contributed by atoms with Crippen molar-refractivity contribution in [3.63, 3.8) is 0 Å². The molecule has 13 nitrogen and oxygen atoms in total. The standard InChI is InChI=1S/C43H39F4N7O6/c1-50-18-28(26-14-37(53-16-24(44)17-53)48-15-27(26)41(50)57)23-12-35(59-3)30(36(13-23)60-4)20-52-19-29-31(43(46,47)21-52)10-22(11-32(29)45)25-6-5-7-33-39(25)51(2)42(58)54(33)34-8-9-38(55)49-40(34)56/h5-7,10-15,18,24,34H,8-9,16-17,19-21H2,1-4H3,(H,49,55,56). The fourth-order valence-corrected chi connectivity index (χ4v) is 8.82. The number of benzene rings is 3. The number of para-hydroxylation sites is 1. The van der Waals surface area contributed by atoms with E-state index in [2.05, 4.69) is 10.3 Å². The molecule has 3 aromatic heterocycles. The monoisotopic (exact) mass is 825 g/mol. The Bertz CT molecular complexity index is 2890. The molecule has 6 heterocycles. The molecular formula is C43H39F4N7O6. The molecule has 60 heavy (non-hydrogen) atoms. The van der Waals surface area contributed by atoms with Gasteiger partial charge in [-0.25, -0.2) is 18.6 Å². The van der Waals surface area contributed by atoms with E-state index in [4.69, 9.17) is 9.47 Å². The normalized spacial score (nSPS) is 18.1. The van der Waals surface area contributed by atoms with Crippen molar-refractivity contribution in [1.82, 2.24) is 28.9 Å². The van der Waals surface area contributed by atoms with Crippen LogP contribution >= 0.6 is 0 Å². The molecule has 3 aliphatic heterocycles. The highest BCUT2D eigenvalue weighted by molar-refractivity contribution is 6.01. The van der Waals surface area contributed by atoms with E-state index in [-0.39, 0.29) is 55.7 Å². The van der Waals surface area contributed by atoms with Crippen molar-refractivity contribution in [2.45, 2.75) is 44.1 Å². The Kier molecular flexibility index (Phi) is 9.33. The van der Waals surface area contributed by atoms with E-state index >= 15 is 13.2 Å². The SMILES string of the molecule is COc1cc(-c2cn(C)c(=O)c3cnc(N4CC(F)C4)cc23)cc(OC)c1CN1Cc2c(F)cc(-c3cccc4c3n(C)c(=O)n4C3CCC(=O)NC3=O)cc2C(F)(F)C1. The summed E-state index contributed by atoms with van der Waals surface area (Å²) in [4.78, 5) is 58.8. The first kappa shape index (κ1) is 39.0. The third-order valence-electron chi connectivity index (χ3n) is 11.8. The molecule has 1 N–H and O–H groups in total. The van der Waals surface area contributed by atoms with Crippen molar-refractivity contribution in [3.8, 4) is 33.8 Å². The van der Waals surface area contributed by atoms with Gasteiger partial charge in [-0.2, -0.15) is 8.78 Å². The summed E-state index contributed by atoms with van der Waals surface area (Å²) in [5.41, 5.74) is 1.31.